The number of hydrogen-bond donors (Lipinski definition) is 0. The van der Waals surface area contributed by atoms with Gasteiger partial charge in [-0.2, -0.15) is 8.42 Å². The molecule has 0 atom stereocenters. The van der Waals surface area contributed by atoms with Gasteiger partial charge in [-0.3, -0.25) is 0 Å². The summed E-state index contributed by atoms with van der Waals surface area (Å²) in [5.41, 5.74) is 1.96. The molecule has 1 aliphatic carbocycles. The topological polar surface area (TPSA) is 43.4 Å². The van der Waals surface area contributed by atoms with E-state index >= 15 is 0 Å². The molecule has 0 saturated heterocycles. The summed E-state index contributed by atoms with van der Waals surface area (Å²) in [5.74, 6) is -0.977. The Balaban J connectivity index is 1.94. The van der Waals surface area contributed by atoms with Crippen molar-refractivity contribution in [3.8, 4) is 5.75 Å². The lowest BCUT2D eigenvalue weighted by Gasteiger charge is -2.16. The van der Waals surface area contributed by atoms with Crippen LogP contribution in [0.25, 0.3) is 6.08 Å². The number of allylic oxidation sites excluding steroid dienone is 1. The van der Waals surface area contributed by atoms with E-state index in [9.17, 15) is 12.8 Å². The van der Waals surface area contributed by atoms with Crippen LogP contribution >= 0.6 is 0 Å². The van der Waals surface area contributed by atoms with Crippen LogP contribution < -0.4 is 4.18 Å². The van der Waals surface area contributed by atoms with Crippen molar-refractivity contribution in [2.45, 2.75) is 12.8 Å². The van der Waals surface area contributed by atoms with Gasteiger partial charge in [0.05, 0.1) is 4.91 Å². The number of fused-ring (bicyclic) bond motifs is 1. The van der Waals surface area contributed by atoms with Gasteiger partial charge in [-0.15, -0.1) is 0 Å². The zero-order chi connectivity index (χ0) is 14.9. The van der Waals surface area contributed by atoms with E-state index in [1.807, 2.05) is 24.3 Å². The second-order valence-electron chi connectivity index (χ2n) is 4.78. The van der Waals surface area contributed by atoms with Gasteiger partial charge in [0, 0.05) is 0 Å². The Morgan fingerprint density at radius 3 is 2.48 bits per heavy atom. The number of benzene rings is 2. The quantitative estimate of drug-likeness (QED) is 0.815. The van der Waals surface area contributed by atoms with E-state index in [-0.39, 0.29) is 10.7 Å². The van der Waals surface area contributed by atoms with Gasteiger partial charge < -0.3 is 4.18 Å². The zero-order valence-electron chi connectivity index (χ0n) is 11.1. The number of halogens is 1. The molecule has 0 radical (unpaired) electrons. The third-order valence-corrected chi connectivity index (χ3v) is 4.73. The summed E-state index contributed by atoms with van der Waals surface area (Å²) in [7, 11) is -3.98. The highest BCUT2D eigenvalue weighted by molar-refractivity contribution is 7.91. The Kier molecular flexibility index (Phi) is 3.51. The number of hydrogen-bond acceptors (Lipinski definition) is 3. The Labute approximate surface area is 122 Å². The highest BCUT2D eigenvalue weighted by atomic mass is 32.2. The number of para-hydroxylation sites is 1. The lowest BCUT2D eigenvalue weighted by molar-refractivity contribution is 0.466. The van der Waals surface area contributed by atoms with Crippen molar-refractivity contribution in [1.82, 2.24) is 0 Å². The molecule has 0 aliphatic heterocycles. The molecule has 1 aliphatic rings. The van der Waals surface area contributed by atoms with Crippen molar-refractivity contribution in [3.63, 3.8) is 0 Å². The van der Waals surface area contributed by atoms with Crippen molar-refractivity contribution in [3.05, 3.63) is 70.4 Å². The summed E-state index contributed by atoms with van der Waals surface area (Å²) in [5, 5.41) is 0. The maximum Gasteiger partial charge on any atom is 0.335 e. The monoisotopic (exact) mass is 304 g/mol. The standard InChI is InChI=1S/C16H13FO3S/c17-15-7-3-4-8-16(15)20-21(18,19)14-10-9-12-5-1-2-6-13(12)11-14/h1-8,11H,9-10H2. The molecule has 0 bridgehead atoms. The van der Waals surface area contributed by atoms with E-state index in [4.69, 9.17) is 4.18 Å². The van der Waals surface area contributed by atoms with Crippen molar-refractivity contribution >= 4 is 16.2 Å². The Morgan fingerprint density at radius 1 is 0.952 bits per heavy atom. The molecule has 2 aromatic rings. The van der Waals surface area contributed by atoms with E-state index in [2.05, 4.69) is 0 Å². The SMILES string of the molecule is O=S(=O)(Oc1ccccc1F)C1=Cc2ccccc2CC1. The third-order valence-electron chi connectivity index (χ3n) is 3.37. The van der Waals surface area contributed by atoms with E-state index in [1.54, 1.807) is 6.08 Å². The predicted molar refractivity (Wildman–Crippen MR) is 78.7 cm³/mol. The van der Waals surface area contributed by atoms with E-state index in [0.29, 0.717) is 12.8 Å². The molecule has 2 aromatic carbocycles. The number of rotatable bonds is 3. The number of aryl methyl sites for hydroxylation is 1. The van der Waals surface area contributed by atoms with Crippen molar-refractivity contribution < 1.29 is 17.0 Å². The van der Waals surface area contributed by atoms with E-state index < -0.39 is 15.9 Å². The van der Waals surface area contributed by atoms with Crippen LogP contribution in [0.3, 0.4) is 0 Å². The fraction of sp³-hybridized carbons (Fsp3) is 0.125. The molecule has 0 unspecified atom stereocenters. The van der Waals surface area contributed by atoms with Crippen LogP contribution in [0.1, 0.15) is 17.5 Å². The van der Waals surface area contributed by atoms with Gasteiger partial charge in [0.2, 0.25) is 0 Å². The summed E-state index contributed by atoms with van der Waals surface area (Å²) in [6, 6.07) is 13.0. The molecule has 3 nitrogen and oxygen atoms in total. The molecule has 5 heteroatoms. The first-order valence-corrected chi connectivity index (χ1v) is 7.94. The van der Waals surface area contributed by atoms with Crippen LogP contribution in [0.15, 0.2) is 53.4 Å². The second-order valence-corrected chi connectivity index (χ2v) is 6.38. The molecular weight excluding hydrogens is 291 g/mol. The van der Waals surface area contributed by atoms with Gasteiger partial charge in [0.1, 0.15) is 0 Å². The van der Waals surface area contributed by atoms with Gasteiger partial charge in [-0.1, -0.05) is 36.4 Å². The average molecular weight is 304 g/mol. The first-order valence-electron chi connectivity index (χ1n) is 6.54. The van der Waals surface area contributed by atoms with E-state index in [0.717, 1.165) is 17.2 Å². The third kappa shape index (κ3) is 2.83. The predicted octanol–water partition coefficient (Wildman–Crippen LogP) is 3.52. The minimum atomic E-state index is -3.98. The normalized spacial score (nSPS) is 14.2. The molecule has 0 saturated carbocycles. The van der Waals surface area contributed by atoms with Gasteiger partial charge in [0.25, 0.3) is 0 Å². The Hall–Kier alpha value is -2.14. The summed E-state index contributed by atoms with van der Waals surface area (Å²) in [6.07, 6.45) is 2.57. The van der Waals surface area contributed by atoms with Crippen LogP contribution in [0.4, 0.5) is 4.39 Å². The Morgan fingerprint density at radius 2 is 1.67 bits per heavy atom. The van der Waals surface area contributed by atoms with Gasteiger partial charge in [0.15, 0.2) is 11.6 Å². The van der Waals surface area contributed by atoms with Gasteiger partial charge in [-0.25, -0.2) is 4.39 Å². The highest BCUT2D eigenvalue weighted by Gasteiger charge is 2.24. The second kappa shape index (κ2) is 5.33. The van der Waals surface area contributed by atoms with Gasteiger partial charge in [-0.05, 0) is 42.2 Å². The van der Waals surface area contributed by atoms with Crippen molar-refractivity contribution in [1.29, 1.82) is 0 Å². The first kappa shape index (κ1) is 13.8. The first-order chi connectivity index (χ1) is 10.1. The minimum Gasteiger partial charge on any atom is -0.376 e. The fourth-order valence-electron chi connectivity index (χ4n) is 2.29. The van der Waals surface area contributed by atoms with Crippen LogP contribution in [0.2, 0.25) is 0 Å². The fourth-order valence-corrected chi connectivity index (χ4v) is 3.39. The van der Waals surface area contributed by atoms with Gasteiger partial charge >= 0.3 is 10.1 Å². The Bertz CT molecular complexity index is 810. The summed E-state index contributed by atoms with van der Waals surface area (Å²) < 4.78 is 43.0. The van der Waals surface area contributed by atoms with Crippen LogP contribution in [-0.4, -0.2) is 8.42 Å². The molecule has 0 spiro atoms. The van der Waals surface area contributed by atoms with Crippen LogP contribution in [0.5, 0.6) is 5.75 Å². The van der Waals surface area contributed by atoms with Crippen LogP contribution in [-0.2, 0) is 16.5 Å². The molecule has 21 heavy (non-hydrogen) atoms. The molecule has 3 rings (SSSR count). The molecule has 0 amide bonds. The molecule has 0 aromatic heterocycles. The lowest BCUT2D eigenvalue weighted by atomic mass is 9.98. The van der Waals surface area contributed by atoms with Crippen molar-refractivity contribution in [2.24, 2.45) is 0 Å². The minimum absolute atomic E-state index is 0.171. The average Bonchev–Trinajstić information content (AvgIpc) is 2.49. The lowest BCUT2D eigenvalue weighted by Crippen LogP contribution is -2.15. The summed E-state index contributed by atoms with van der Waals surface area (Å²) >= 11 is 0. The molecular formula is C16H13FO3S. The largest absolute Gasteiger partial charge is 0.376 e. The molecule has 0 N–H and O–H groups in total. The molecule has 0 heterocycles. The van der Waals surface area contributed by atoms with E-state index in [1.165, 1.54) is 18.2 Å². The van der Waals surface area contributed by atoms with Crippen molar-refractivity contribution in [2.75, 3.05) is 0 Å². The summed E-state index contributed by atoms with van der Waals surface area (Å²) in [4.78, 5) is 0.171. The highest BCUT2D eigenvalue weighted by Crippen LogP contribution is 2.29. The maximum absolute atomic E-state index is 13.5. The molecule has 0 fully saturated rings. The molecule has 108 valence electrons. The maximum atomic E-state index is 13.5. The summed E-state index contributed by atoms with van der Waals surface area (Å²) in [6.45, 7) is 0. The zero-order valence-corrected chi connectivity index (χ0v) is 11.9. The smallest absolute Gasteiger partial charge is 0.335 e. The van der Waals surface area contributed by atoms with Crippen LogP contribution in [0, 0.1) is 5.82 Å².